The minimum atomic E-state index is -0.746. The van der Waals surface area contributed by atoms with Gasteiger partial charge in [-0.15, -0.1) is 0 Å². The van der Waals surface area contributed by atoms with Crippen molar-refractivity contribution in [1.29, 1.82) is 0 Å². The molecule has 0 spiro atoms. The summed E-state index contributed by atoms with van der Waals surface area (Å²) in [5.74, 6) is -0.548. The quantitative estimate of drug-likeness (QED) is 0.728. The summed E-state index contributed by atoms with van der Waals surface area (Å²) in [7, 11) is 0. The second-order valence-corrected chi connectivity index (χ2v) is 5.10. The van der Waals surface area contributed by atoms with E-state index < -0.39 is 18.0 Å². The number of aromatic hydroxyl groups is 1. The van der Waals surface area contributed by atoms with Crippen LogP contribution >= 0.6 is 0 Å². The van der Waals surface area contributed by atoms with Crippen LogP contribution in [0.4, 0.5) is 10.5 Å². The highest BCUT2D eigenvalue weighted by atomic mass is 16.5. The van der Waals surface area contributed by atoms with Crippen LogP contribution in [0.3, 0.4) is 0 Å². The Bertz CT molecular complexity index is 514. The molecule has 0 bridgehead atoms. The normalized spacial score (nSPS) is 11.9. The van der Waals surface area contributed by atoms with Crippen LogP contribution in [0, 0.1) is 12.8 Å². The van der Waals surface area contributed by atoms with E-state index in [0.717, 1.165) is 5.56 Å². The third-order valence-corrected chi connectivity index (χ3v) is 2.91. The highest BCUT2D eigenvalue weighted by Crippen LogP contribution is 2.24. The lowest BCUT2D eigenvalue weighted by Crippen LogP contribution is -2.47. The molecule has 0 aliphatic heterocycles. The predicted molar refractivity (Wildman–Crippen MR) is 80.3 cm³/mol. The number of ether oxygens (including phenoxy) is 1. The zero-order valence-electron chi connectivity index (χ0n) is 12.8. The number of alkyl carbamates (subject to hydrolysis) is 1. The first-order chi connectivity index (χ1) is 9.85. The summed E-state index contributed by atoms with van der Waals surface area (Å²) >= 11 is 0. The second-order valence-electron chi connectivity index (χ2n) is 5.10. The summed E-state index contributed by atoms with van der Waals surface area (Å²) in [5, 5.41) is 14.9. The lowest BCUT2D eigenvalue weighted by molar-refractivity contribution is -0.119. The fourth-order valence-electron chi connectivity index (χ4n) is 1.80. The monoisotopic (exact) mass is 294 g/mol. The number of anilines is 1. The molecule has 2 amide bonds. The number of nitrogens with one attached hydrogen (secondary N) is 2. The number of carbonyl (C=O) groups is 2. The molecule has 0 aliphatic rings. The molecule has 0 saturated carbocycles. The van der Waals surface area contributed by atoms with Gasteiger partial charge in [0.2, 0.25) is 5.91 Å². The van der Waals surface area contributed by atoms with E-state index in [1.165, 1.54) is 6.07 Å². The van der Waals surface area contributed by atoms with Crippen LogP contribution in [0.5, 0.6) is 5.75 Å². The molecule has 116 valence electrons. The van der Waals surface area contributed by atoms with E-state index in [4.69, 9.17) is 4.74 Å². The first-order valence-corrected chi connectivity index (χ1v) is 6.89. The third-order valence-electron chi connectivity index (χ3n) is 2.91. The minimum Gasteiger partial charge on any atom is -0.506 e. The number of amides is 2. The molecule has 1 aromatic rings. The Morgan fingerprint density at radius 3 is 2.57 bits per heavy atom. The van der Waals surface area contributed by atoms with Gasteiger partial charge in [-0.05, 0) is 37.5 Å². The molecule has 1 unspecified atom stereocenters. The van der Waals surface area contributed by atoms with E-state index in [0.29, 0.717) is 5.69 Å². The predicted octanol–water partition coefficient (Wildman–Crippen LogP) is 2.41. The van der Waals surface area contributed by atoms with Gasteiger partial charge in [0, 0.05) is 0 Å². The van der Waals surface area contributed by atoms with Crippen molar-refractivity contribution >= 4 is 17.7 Å². The maximum Gasteiger partial charge on any atom is 0.407 e. The van der Waals surface area contributed by atoms with Crippen LogP contribution in [0.1, 0.15) is 26.3 Å². The van der Waals surface area contributed by atoms with Crippen molar-refractivity contribution < 1.29 is 19.4 Å². The summed E-state index contributed by atoms with van der Waals surface area (Å²) in [4.78, 5) is 23.7. The van der Waals surface area contributed by atoms with E-state index in [2.05, 4.69) is 10.6 Å². The van der Waals surface area contributed by atoms with Crippen LogP contribution in [-0.2, 0) is 9.53 Å². The largest absolute Gasteiger partial charge is 0.506 e. The molecule has 1 atom stereocenters. The van der Waals surface area contributed by atoms with Gasteiger partial charge in [-0.2, -0.15) is 0 Å². The van der Waals surface area contributed by atoms with Crippen molar-refractivity contribution in [2.45, 2.75) is 33.7 Å². The highest BCUT2D eigenvalue weighted by molar-refractivity contribution is 5.97. The van der Waals surface area contributed by atoms with Crippen LogP contribution in [0.15, 0.2) is 18.2 Å². The Morgan fingerprint density at radius 2 is 2.00 bits per heavy atom. The van der Waals surface area contributed by atoms with E-state index >= 15 is 0 Å². The lowest BCUT2D eigenvalue weighted by atomic mass is 10.0. The van der Waals surface area contributed by atoms with Crippen LogP contribution < -0.4 is 10.6 Å². The van der Waals surface area contributed by atoms with Gasteiger partial charge in [-0.3, -0.25) is 4.79 Å². The van der Waals surface area contributed by atoms with Gasteiger partial charge in [0.05, 0.1) is 12.3 Å². The Kier molecular flexibility index (Phi) is 6.02. The molecule has 1 aromatic carbocycles. The van der Waals surface area contributed by atoms with Crippen LogP contribution in [0.25, 0.3) is 0 Å². The maximum atomic E-state index is 12.3. The molecule has 1 rings (SSSR count). The fourth-order valence-corrected chi connectivity index (χ4v) is 1.80. The van der Waals surface area contributed by atoms with Crippen molar-refractivity contribution in [3.8, 4) is 5.75 Å². The molecule has 0 saturated heterocycles. The second kappa shape index (κ2) is 7.52. The molecule has 0 radical (unpaired) electrons. The number of benzene rings is 1. The van der Waals surface area contributed by atoms with Crippen LogP contribution in [0.2, 0.25) is 0 Å². The Hall–Kier alpha value is -2.24. The van der Waals surface area contributed by atoms with Gasteiger partial charge < -0.3 is 20.5 Å². The minimum absolute atomic E-state index is 0.0207. The van der Waals surface area contributed by atoms with Gasteiger partial charge in [-0.25, -0.2) is 4.79 Å². The van der Waals surface area contributed by atoms with Gasteiger partial charge in [0.25, 0.3) is 0 Å². The fraction of sp³-hybridized carbons (Fsp3) is 0.467. The number of hydrogen-bond donors (Lipinski definition) is 3. The highest BCUT2D eigenvalue weighted by Gasteiger charge is 2.25. The summed E-state index contributed by atoms with van der Waals surface area (Å²) in [5.41, 5.74) is 1.22. The topological polar surface area (TPSA) is 87.7 Å². The smallest absolute Gasteiger partial charge is 0.407 e. The van der Waals surface area contributed by atoms with Crippen molar-refractivity contribution in [2.75, 3.05) is 11.9 Å². The summed E-state index contributed by atoms with van der Waals surface area (Å²) < 4.78 is 4.79. The third kappa shape index (κ3) is 4.98. The average molecular weight is 294 g/mol. The molecule has 3 N–H and O–H groups in total. The Morgan fingerprint density at radius 1 is 1.33 bits per heavy atom. The van der Waals surface area contributed by atoms with Gasteiger partial charge >= 0.3 is 6.09 Å². The molecule has 0 heterocycles. The number of carbonyl (C=O) groups excluding carboxylic acids is 2. The average Bonchev–Trinajstić information content (AvgIpc) is 2.40. The molecular formula is C15H22N2O4. The van der Waals surface area contributed by atoms with Gasteiger partial charge in [0.1, 0.15) is 11.8 Å². The SMILES string of the molecule is CCOC(=O)NC(C(=O)Nc1cc(C)ccc1O)C(C)C. The lowest BCUT2D eigenvalue weighted by Gasteiger charge is -2.21. The molecule has 0 fully saturated rings. The summed E-state index contributed by atoms with van der Waals surface area (Å²) in [6.07, 6.45) is -0.639. The number of aryl methyl sites for hydroxylation is 1. The standard InChI is InChI=1S/C15H22N2O4/c1-5-21-15(20)17-13(9(2)3)14(19)16-11-8-10(4)6-7-12(11)18/h6-9,13,18H,5H2,1-4H3,(H,16,19)(H,17,20). The van der Waals surface area contributed by atoms with Crippen molar-refractivity contribution in [3.05, 3.63) is 23.8 Å². The van der Waals surface area contributed by atoms with E-state index in [-0.39, 0.29) is 18.3 Å². The Balaban J connectivity index is 2.82. The van der Waals surface area contributed by atoms with Crippen molar-refractivity contribution in [1.82, 2.24) is 5.32 Å². The number of hydrogen-bond acceptors (Lipinski definition) is 4. The van der Waals surface area contributed by atoms with Gasteiger partial charge in [0.15, 0.2) is 0 Å². The first-order valence-electron chi connectivity index (χ1n) is 6.89. The van der Waals surface area contributed by atoms with E-state index in [9.17, 15) is 14.7 Å². The van der Waals surface area contributed by atoms with Gasteiger partial charge in [-0.1, -0.05) is 19.9 Å². The van der Waals surface area contributed by atoms with Crippen molar-refractivity contribution in [3.63, 3.8) is 0 Å². The summed E-state index contributed by atoms with van der Waals surface area (Å²) in [6, 6.07) is 4.16. The number of phenols is 1. The Labute approximate surface area is 124 Å². The number of rotatable bonds is 5. The molecule has 0 aromatic heterocycles. The number of phenolic OH excluding ortho intramolecular Hbond substituents is 1. The molecule has 21 heavy (non-hydrogen) atoms. The van der Waals surface area contributed by atoms with E-state index in [1.807, 2.05) is 20.8 Å². The zero-order valence-corrected chi connectivity index (χ0v) is 12.8. The summed E-state index contributed by atoms with van der Waals surface area (Å²) in [6.45, 7) is 7.40. The van der Waals surface area contributed by atoms with E-state index in [1.54, 1.807) is 19.1 Å². The molecule has 6 nitrogen and oxygen atoms in total. The van der Waals surface area contributed by atoms with Crippen LogP contribution in [-0.4, -0.2) is 29.8 Å². The molecular weight excluding hydrogens is 272 g/mol. The molecule has 0 aliphatic carbocycles. The van der Waals surface area contributed by atoms with Crippen molar-refractivity contribution in [2.24, 2.45) is 5.92 Å². The first kappa shape index (κ1) is 16.8. The maximum absolute atomic E-state index is 12.3. The zero-order chi connectivity index (χ0) is 16.0. The molecule has 6 heteroatoms.